The molecule has 4 aromatic carbocycles. The number of carboxylic acid groups (broad SMARTS) is 1. The molecule has 0 spiro atoms. The van der Waals surface area contributed by atoms with Crippen LogP contribution in [0.5, 0.6) is 5.75 Å². The Balaban J connectivity index is 1.28. The van der Waals surface area contributed by atoms with Crippen LogP contribution < -0.4 is 10.3 Å². The summed E-state index contributed by atoms with van der Waals surface area (Å²) in [6.45, 7) is 0.289. The van der Waals surface area contributed by atoms with Gasteiger partial charge in [0, 0.05) is 10.4 Å². The average molecular weight is 550 g/mol. The molecule has 0 atom stereocenters. The van der Waals surface area contributed by atoms with Crippen LogP contribution in [0, 0.1) is 0 Å². The summed E-state index contributed by atoms with van der Waals surface area (Å²) in [6, 6.07) is 27.9. The van der Waals surface area contributed by atoms with Gasteiger partial charge >= 0.3 is 5.97 Å². The minimum atomic E-state index is -0.971. The van der Waals surface area contributed by atoms with Crippen molar-refractivity contribution < 1.29 is 19.1 Å². The first-order chi connectivity index (χ1) is 19.4. The number of aromatic carboxylic acids is 1. The van der Waals surface area contributed by atoms with E-state index in [-0.39, 0.29) is 23.6 Å². The lowest BCUT2D eigenvalue weighted by atomic mass is 10.1. The summed E-state index contributed by atoms with van der Waals surface area (Å²) in [6.07, 6.45) is 1.56. The molecule has 1 N–H and O–H groups in total. The predicted octanol–water partition coefficient (Wildman–Crippen LogP) is 6.62. The number of hydrogen-bond donors (Lipinski definition) is 1. The van der Waals surface area contributed by atoms with Crippen LogP contribution in [0.2, 0.25) is 5.02 Å². The largest absolute Gasteiger partial charge is 0.489 e. The third kappa shape index (κ3) is 5.08. The van der Waals surface area contributed by atoms with Crippen LogP contribution >= 0.6 is 11.6 Å². The molecule has 0 unspecified atom stereocenters. The second-order valence-electron chi connectivity index (χ2n) is 8.97. The summed E-state index contributed by atoms with van der Waals surface area (Å²) in [5, 5.41) is 15.3. The number of carbonyl (C=O) groups is 1. The van der Waals surface area contributed by atoms with Crippen LogP contribution in [0.4, 0.5) is 0 Å². The van der Waals surface area contributed by atoms with Crippen LogP contribution in [-0.4, -0.2) is 27.0 Å². The molecule has 6 rings (SSSR count). The minimum Gasteiger partial charge on any atom is -0.489 e. The Morgan fingerprint density at radius 2 is 1.77 bits per heavy atom. The van der Waals surface area contributed by atoms with Crippen molar-refractivity contribution in [3.8, 4) is 17.3 Å². The molecule has 9 heteroatoms. The number of benzene rings is 4. The van der Waals surface area contributed by atoms with Crippen molar-refractivity contribution in [2.24, 2.45) is 5.10 Å². The fourth-order valence-corrected chi connectivity index (χ4v) is 4.38. The van der Waals surface area contributed by atoms with Crippen molar-refractivity contribution in [1.82, 2.24) is 9.66 Å². The topological polar surface area (TPSA) is 107 Å². The van der Waals surface area contributed by atoms with Gasteiger partial charge in [-0.05, 0) is 83.9 Å². The van der Waals surface area contributed by atoms with Gasteiger partial charge in [0.15, 0.2) is 5.76 Å². The lowest BCUT2D eigenvalue weighted by Crippen LogP contribution is -2.20. The summed E-state index contributed by atoms with van der Waals surface area (Å²) in [5.41, 5.74) is 2.63. The van der Waals surface area contributed by atoms with Crippen LogP contribution in [0.1, 0.15) is 21.5 Å². The normalized spacial score (nSPS) is 11.4. The standard InChI is InChI=1S/C31H20ClN3O5/c32-23-11-14-27-22(15-23)16-28(40-27)29-34-26-4-2-1-3-25(26)30(36)35(29)33-17-19-7-12-24(13-8-19)39-18-20-5-9-21(10-6-20)31(37)38/h1-17H,18H2,(H,37,38). The van der Waals surface area contributed by atoms with Crippen molar-refractivity contribution in [2.75, 3.05) is 0 Å². The Bertz CT molecular complexity index is 1960. The number of ether oxygens (including phenoxy) is 1. The Morgan fingerprint density at radius 1 is 1.00 bits per heavy atom. The molecule has 0 bridgehead atoms. The third-order valence-electron chi connectivity index (χ3n) is 6.26. The summed E-state index contributed by atoms with van der Waals surface area (Å²) < 4.78 is 13.0. The highest BCUT2D eigenvalue weighted by atomic mass is 35.5. The SMILES string of the molecule is O=C(O)c1ccc(COc2ccc(C=Nn3c(-c4cc5cc(Cl)ccc5o4)nc4ccccc4c3=O)cc2)cc1. The predicted molar refractivity (Wildman–Crippen MR) is 153 cm³/mol. The maximum atomic E-state index is 13.4. The van der Waals surface area contributed by atoms with E-state index in [2.05, 4.69) is 10.1 Å². The number of nitrogens with zero attached hydrogens (tertiary/aromatic N) is 3. The van der Waals surface area contributed by atoms with E-state index in [0.717, 1.165) is 16.5 Å². The van der Waals surface area contributed by atoms with E-state index in [9.17, 15) is 9.59 Å². The number of aromatic nitrogens is 2. The van der Waals surface area contributed by atoms with E-state index in [1.807, 2.05) is 18.2 Å². The first-order valence-corrected chi connectivity index (χ1v) is 12.6. The molecule has 0 radical (unpaired) electrons. The summed E-state index contributed by atoms with van der Waals surface area (Å²) >= 11 is 6.14. The molecule has 6 aromatic rings. The number of carboxylic acids is 1. The molecule has 8 nitrogen and oxygen atoms in total. The summed E-state index contributed by atoms with van der Waals surface area (Å²) in [4.78, 5) is 29.1. The molecule has 0 amide bonds. The zero-order chi connectivity index (χ0) is 27.6. The number of furan rings is 1. The van der Waals surface area contributed by atoms with Crippen LogP contribution in [0.25, 0.3) is 33.5 Å². The minimum absolute atomic E-state index is 0.223. The Hall–Kier alpha value is -5.21. The van der Waals surface area contributed by atoms with Gasteiger partial charge in [0.25, 0.3) is 5.56 Å². The Morgan fingerprint density at radius 3 is 2.55 bits per heavy atom. The van der Waals surface area contributed by atoms with Crippen LogP contribution in [0.3, 0.4) is 0 Å². The molecule has 2 aromatic heterocycles. The number of fused-ring (bicyclic) bond motifs is 2. The van der Waals surface area contributed by atoms with Crippen molar-refractivity contribution in [2.45, 2.75) is 6.61 Å². The lowest BCUT2D eigenvalue weighted by molar-refractivity contribution is 0.0697. The van der Waals surface area contributed by atoms with Crippen LogP contribution in [-0.2, 0) is 6.61 Å². The Labute approximate surface area is 232 Å². The van der Waals surface area contributed by atoms with Crippen molar-refractivity contribution >= 4 is 45.7 Å². The van der Waals surface area contributed by atoms with Gasteiger partial charge in [0.2, 0.25) is 5.82 Å². The number of rotatable bonds is 7. The number of hydrogen-bond acceptors (Lipinski definition) is 6. The second kappa shape index (κ2) is 10.5. The first kappa shape index (κ1) is 25.1. The van der Waals surface area contributed by atoms with Gasteiger partial charge in [-0.25, -0.2) is 9.78 Å². The molecular weight excluding hydrogens is 530 g/mol. The highest BCUT2D eigenvalue weighted by Gasteiger charge is 2.16. The van der Waals surface area contributed by atoms with Gasteiger partial charge in [-0.2, -0.15) is 9.78 Å². The zero-order valence-electron chi connectivity index (χ0n) is 20.8. The van der Waals surface area contributed by atoms with Gasteiger partial charge in [0.05, 0.1) is 22.7 Å². The fraction of sp³-hybridized carbons (Fsp3) is 0.0323. The van der Waals surface area contributed by atoms with Gasteiger partial charge < -0.3 is 14.3 Å². The Kier molecular flexibility index (Phi) is 6.59. The number of halogens is 1. The van der Waals surface area contributed by atoms with E-state index in [1.54, 1.807) is 85.1 Å². The first-order valence-electron chi connectivity index (χ1n) is 12.3. The molecular formula is C31H20ClN3O5. The molecule has 0 aliphatic rings. The van der Waals surface area contributed by atoms with Crippen LogP contribution in [0.15, 0.2) is 111 Å². The second-order valence-corrected chi connectivity index (χ2v) is 9.40. The van der Waals surface area contributed by atoms with E-state index in [1.165, 1.54) is 4.68 Å². The number of para-hydroxylation sites is 1. The molecule has 0 saturated heterocycles. The molecule has 2 heterocycles. The maximum Gasteiger partial charge on any atom is 0.335 e. The van der Waals surface area contributed by atoms with Gasteiger partial charge in [-0.15, -0.1) is 0 Å². The van der Waals surface area contributed by atoms with Gasteiger partial charge in [0.1, 0.15) is 17.9 Å². The van der Waals surface area contributed by atoms with Gasteiger partial charge in [-0.1, -0.05) is 35.9 Å². The average Bonchev–Trinajstić information content (AvgIpc) is 3.39. The van der Waals surface area contributed by atoms with E-state index >= 15 is 0 Å². The third-order valence-corrected chi connectivity index (χ3v) is 6.50. The molecule has 196 valence electrons. The van der Waals surface area contributed by atoms with Crippen molar-refractivity contribution in [1.29, 1.82) is 0 Å². The highest BCUT2D eigenvalue weighted by Crippen LogP contribution is 2.29. The van der Waals surface area contributed by atoms with E-state index in [4.69, 9.17) is 25.9 Å². The smallest absolute Gasteiger partial charge is 0.335 e. The van der Waals surface area contributed by atoms with E-state index in [0.29, 0.717) is 33.0 Å². The summed E-state index contributed by atoms with van der Waals surface area (Å²) in [5.74, 6) is 0.310. The molecule has 0 aliphatic heterocycles. The summed E-state index contributed by atoms with van der Waals surface area (Å²) in [7, 11) is 0. The molecule has 0 aliphatic carbocycles. The maximum absolute atomic E-state index is 13.4. The fourth-order valence-electron chi connectivity index (χ4n) is 4.20. The lowest BCUT2D eigenvalue weighted by Gasteiger charge is -2.08. The monoisotopic (exact) mass is 549 g/mol. The van der Waals surface area contributed by atoms with Crippen molar-refractivity contribution in [3.05, 3.63) is 129 Å². The van der Waals surface area contributed by atoms with Gasteiger partial charge in [-0.3, -0.25) is 4.79 Å². The molecule has 40 heavy (non-hydrogen) atoms. The zero-order valence-corrected chi connectivity index (χ0v) is 21.6. The quantitative estimate of drug-likeness (QED) is 0.224. The highest BCUT2D eigenvalue weighted by molar-refractivity contribution is 6.31. The molecule has 0 fully saturated rings. The van der Waals surface area contributed by atoms with Crippen molar-refractivity contribution in [3.63, 3.8) is 0 Å². The molecule has 0 saturated carbocycles. The van der Waals surface area contributed by atoms with E-state index < -0.39 is 5.97 Å².